The molecule has 0 spiro atoms. The zero-order chi connectivity index (χ0) is 39.1. The van der Waals surface area contributed by atoms with Crippen molar-refractivity contribution in [1.29, 1.82) is 0 Å². The minimum absolute atomic E-state index is 0.00938. The Morgan fingerprint density at radius 1 is 0.926 bits per heavy atom. The van der Waals surface area contributed by atoms with Crippen LogP contribution in [0.2, 0.25) is 0 Å². The lowest BCUT2D eigenvalue weighted by atomic mass is 10.0. The van der Waals surface area contributed by atoms with Gasteiger partial charge in [-0.3, -0.25) is 33.7 Å². The van der Waals surface area contributed by atoms with E-state index in [1.54, 1.807) is 11.6 Å². The first-order valence-electron chi connectivity index (χ1n) is 17.8. The number of thiazole rings is 1. The van der Waals surface area contributed by atoms with E-state index in [-0.39, 0.29) is 57.4 Å². The zero-order valence-electron chi connectivity index (χ0n) is 31.0. The van der Waals surface area contributed by atoms with E-state index in [1.165, 1.54) is 52.0 Å². The standard InChI is InChI=1S/C36H47N9O8S/c1-21(2)14-26-33-41-28(20-54-33)32(49)40-27(15-23-16-37-25-9-7-6-8-24(23)25)35(51)43(5)17-29(46)38-22(3)34(50)42(4)10-11-44(18-30(47)39-26)31(48)19-45-12-13-53-36(45)52/h6-9,16,20-22,26-27,37H,10-15,17-19H2,1-5H3,(H,38,46)(H,39,47)(H,40,49)/t22-,26-,27+/m0/s1. The minimum Gasteiger partial charge on any atom is -0.448 e. The summed E-state index contributed by atoms with van der Waals surface area (Å²) in [6, 6.07) is 4.86. The number of likely N-dealkylation sites (N-methyl/N-ethyl adjacent to an activating group) is 2. The fourth-order valence-electron chi connectivity index (χ4n) is 6.36. The molecule has 1 saturated heterocycles. The van der Waals surface area contributed by atoms with Crippen LogP contribution in [0.25, 0.3) is 10.9 Å². The summed E-state index contributed by atoms with van der Waals surface area (Å²) in [7, 11) is 2.95. The number of H-pyrrole nitrogens is 1. The van der Waals surface area contributed by atoms with Crippen LogP contribution in [0.15, 0.2) is 35.8 Å². The fraction of sp³-hybridized carbons (Fsp3) is 0.500. The number of aromatic amines is 1. The van der Waals surface area contributed by atoms with Crippen LogP contribution in [0.4, 0.5) is 4.79 Å². The Bertz CT molecular complexity index is 1890. The van der Waals surface area contributed by atoms with Crippen LogP contribution in [0.3, 0.4) is 0 Å². The van der Waals surface area contributed by atoms with Gasteiger partial charge in [0, 0.05) is 56.1 Å². The van der Waals surface area contributed by atoms with Crippen molar-refractivity contribution in [3.63, 3.8) is 0 Å². The van der Waals surface area contributed by atoms with Gasteiger partial charge in [0.05, 0.1) is 25.7 Å². The van der Waals surface area contributed by atoms with Gasteiger partial charge in [-0.2, -0.15) is 0 Å². The molecule has 0 radical (unpaired) electrons. The molecule has 0 aliphatic carbocycles. The van der Waals surface area contributed by atoms with Crippen LogP contribution in [-0.2, 0) is 35.1 Å². The molecule has 17 nitrogen and oxygen atoms in total. The van der Waals surface area contributed by atoms with Crippen LogP contribution >= 0.6 is 11.3 Å². The van der Waals surface area contributed by atoms with Gasteiger partial charge in [-0.05, 0) is 30.9 Å². The highest BCUT2D eigenvalue weighted by Gasteiger charge is 2.32. The fourth-order valence-corrected chi connectivity index (χ4v) is 7.22. The van der Waals surface area contributed by atoms with Gasteiger partial charge < -0.3 is 40.4 Å². The van der Waals surface area contributed by atoms with Gasteiger partial charge in [0.2, 0.25) is 29.5 Å². The molecule has 7 amide bonds. The van der Waals surface area contributed by atoms with Crippen molar-refractivity contribution in [3.05, 3.63) is 52.1 Å². The van der Waals surface area contributed by atoms with E-state index in [0.29, 0.717) is 11.4 Å². The molecule has 2 aromatic heterocycles. The molecule has 54 heavy (non-hydrogen) atoms. The Labute approximate surface area is 316 Å². The minimum atomic E-state index is -1.09. The maximum atomic E-state index is 13.9. The highest BCUT2D eigenvalue weighted by Crippen LogP contribution is 2.25. The molecular formula is C36H47N9O8S. The summed E-state index contributed by atoms with van der Waals surface area (Å²) in [5.41, 5.74) is 1.68. The maximum absolute atomic E-state index is 13.9. The second kappa shape index (κ2) is 17.5. The molecule has 0 unspecified atom stereocenters. The number of fused-ring (bicyclic) bond motifs is 3. The highest BCUT2D eigenvalue weighted by atomic mass is 32.1. The summed E-state index contributed by atoms with van der Waals surface area (Å²) in [5, 5.41) is 11.3. The molecule has 2 bridgehead atoms. The third-order valence-corrected chi connectivity index (χ3v) is 10.2. The number of hydrogen-bond donors (Lipinski definition) is 4. The largest absolute Gasteiger partial charge is 0.448 e. The molecular weight excluding hydrogens is 719 g/mol. The van der Waals surface area contributed by atoms with E-state index in [1.807, 2.05) is 38.1 Å². The molecule has 18 heteroatoms. The lowest BCUT2D eigenvalue weighted by Gasteiger charge is -2.29. The molecule has 2 aliphatic heterocycles. The number of carbonyl (C=O) groups is 7. The molecule has 1 aromatic carbocycles. The molecule has 1 fully saturated rings. The Kier molecular flexibility index (Phi) is 12.9. The van der Waals surface area contributed by atoms with Crippen molar-refractivity contribution < 1.29 is 38.3 Å². The van der Waals surface area contributed by atoms with E-state index in [9.17, 15) is 33.6 Å². The second-order valence-electron chi connectivity index (χ2n) is 14.0. The average Bonchev–Trinajstić information content (AvgIpc) is 3.88. The number of cyclic esters (lactones) is 1. The molecule has 3 aromatic rings. The van der Waals surface area contributed by atoms with E-state index in [2.05, 4.69) is 25.9 Å². The maximum Gasteiger partial charge on any atom is 0.410 e. The van der Waals surface area contributed by atoms with Gasteiger partial charge in [0.1, 0.15) is 35.9 Å². The predicted octanol–water partition coefficient (Wildman–Crippen LogP) is 0.885. The van der Waals surface area contributed by atoms with E-state index < -0.39 is 66.2 Å². The molecule has 4 N–H and O–H groups in total. The third kappa shape index (κ3) is 9.91. The van der Waals surface area contributed by atoms with Crippen molar-refractivity contribution >= 4 is 63.8 Å². The number of ether oxygens (including phenoxy) is 1. The lowest BCUT2D eigenvalue weighted by molar-refractivity contribution is -0.139. The zero-order valence-corrected chi connectivity index (χ0v) is 31.9. The van der Waals surface area contributed by atoms with E-state index in [4.69, 9.17) is 4.74 Å². The predicted molar refractivity (Wildman–Crippen MR) is 198 cm³/mol. The molecule has 0 saturated carbocycles. The Balaban J connectivity index is 1.44. The summed E-state index contributed by atoms with van der Waals surface area (Å²) in [5.74, 6) is -3.14. The molecule has 4 heterocycles. The number of carbonyl (C=O) groups excluding carboxylic acids is 7. The molecule has 2 aliphatic rings. The lowest BCUT2D eigenvalue weighted by Crippen LogP contribution is -2.53. The van der Waals surface area contributed by atoms with Gasteiger partial charge in [-0.1, -0.05) is 32.0 Å². The number of nitrogens with one attached hydrogen (secondary N) is 4. The average molecular weight is 766 g/mol. The van der Waals surface area contributed by atoms with Gasteiger partial charge in [0.25, 0.3) is 5.91 Å². The number of amides is 7. The normalized spacial score (nSPS) is 21.6. The number of rotatable bonds is 6. The number of hydrogen-bond acceptors (Lipinski definition) is 10. The Morgan fingerprint density at radius 3 is 2.39 bits per heavy atom. The van der Waals surface area contributed by atoms with Gasteiger partial charge in [-0.15, -0.1) is 11.3 Å². The van der Waals surface area contributed by atoms with Crippen LogP contribution in [0.5, 0.6) is 0 Å². The Hall–Kier alpha value is -5.52. The van der Waals surface area contributed by atoms with Crippen molar-refractivity contribution in [2.75, 3.05) is 60.0 Å². The van der Waals surface area contributed by atoms with Gasteiger partial charge in [0.15, 0.2) is 0 Å². The summed E-state index contributed by atoms with van der Waals surface area (Å²) in [4.78, 5) is 106. The van der Waals surface area contributed by atoms with Crippen molar-refractivity contribution in [2.24, 2.45) is 5.92 Å². The third-order valence-electron chi connectivity index (χ3n) is 9.24. The Morgan fingerprint density at radius 2 is 1.67 bits per heavy atom. The van der Waals surface area contributed by atoms with Crippen molar-refractivity contribution in [1.82, 2.24) is 45.5 Å². The number of benzene rings is 1. The molecule has 5 rings (SSSR count). The first-order valence-corrected chi connectivity index (χ1v) is 18.7. The monoisotopic (exact) mass is 765 g/mol. The number of para-hydroxylation sites is 1. The van der Waals surface area contributed by atoms with Gasteiger partial charge in [-0.25, -0.2) is 9.78 Å². The first kappa shape index (κ1) is 39.7. The quantitative estimate of drug-likeness (QED) is 0.281. The van der Waals surface area contributed by atoms with Gasteiger partial charge >= 0.3 is 6.09 Å². The van der Waals surface area contributed by atoms with Crippen LogP contribution in [0.1, 0.15) is 54.3 Å². The molecule has 3 atom stereocenters. The SMILES string of the molecule is CC(C)C[C@@H]1NC(=O)CN(C(=O)CN2CCOC2=O)CCN(C)C(=O)[C@H](C)NC(=O)CN(C)C(=O)[C@@H](Cc2c[nH]c3ccccc23)NC(=O)c2csc1n2. The first-order chi connectivity index (χ1) is 25.7. The number of nitrogens with zero attached hydrogens (tertiary/aromatic N) is 5. The van der Waals surface area contributed by atoms with E-state index in [0.717, 1.165) is 16.5 Å². The molecule has 290 valence electrons. The summed E-state index contributed by atoms with van der Waals surface area (Å²) < 4.78 is 4.95. The summed E-state index contributed by atoms with van der Waals surface area (Å²) in [6.07, 6.45) is 1.72. The second-order valence-corrected chi connectivity index (χ2v) is 14.9. The summed E-state index contributed by atoms with van der Waals surface area (Å²) in [6.45, 7) is 4.68. The smallest absolute Gasteiger partial charge is 0.410 e. The van der Waals surface area contributed by atoms with Crippen molar-refractivity contribution in [2.45, 2.75) is 51.7 Å². The van der Waals surface area contributed by atoms with Crippen LogP contribution < -0.4 is 16.0 Å². The van der Waals surface area contributed by atoms with Crippen LogP contribution in [-0.4, -0.2) is 143 Å². The summed E-state index contributed by atoms with van der Waals surface area (Å²) >= 11 is 1.18. The van der Waals surface area contributed by atoms with Crippen LogP contribution in [0, 0.1) is 5.92 Å². The van der Waals surface area contributed by atoms with Crippen molar-refractivity contribution in [3.8, 4) is 0 Å². The van der Waals surface area contributed by atoms with E-state index >= 15 is 0 Å². The topological polar surface area (TPSA) is 206 Å². The highest BCUT2D eigenvalue weighted by molar-refractivity contribution is 7.09. The number of aromatic nitrogens is 2.